The summed E-state index contributed by atoms with van der Waals surface area (Å²) in [5, 5.41) is 35.4. The quantitative estimate of drug-likeness (QED) is 0.607. The smallest absolute Gasteiger partial charge is 0.314 e. The normalized spacial score (nSPS) is 19.3. The Morgan fingerprint density at radius 2 is 1.50 bits per heavy atom. The first-order chi connectivity index (χ1) is 7.60. The van der Waals surface area contributed by atoms with Gasteiger partial charge in [-0.1, -0.05) is 0 Å². The molecule has 0 N–H and O–H groups in total. The Hall–Kier alpha value is -2.57. The third kappa shape index (κ3) is 0.991. The highest BCUT2D eigenvalue weighted by Gasteiger charge is 2.85. The summed E-state index contributed by atoms with van der Waals surface area (Å²) in [6.07, 6.45) is 0. The van der Waals surface area contributed by atoms with E-state index in [9.17, 15) is 4.79 Å². The van der Waals surface area contributed by atoms with Crippen molar-refractivity contribution in [3.63, 3.8) is 0 Å². The predicted molar refractivity (Wildman–Crippen MR) is 47.4 cm³/mol. The standard InChI is InChI=1S/C10H6N4O2/c1-2-16-8(15)7-9(3-11,4-12)10(7,5-13)6-14/h7H,2H2,1H3. The Labute approximate surface area is 91.9 Å². The molecule has 0 amide bonds. The molecule has 0 radical (unpaired) electrons. The zero-order chi connectivity index (χ0) is 12.4. The number of carbonyl (C=O) groups is 1. The van der Waals surface area contributed by atoms with Gasteiger partial charge in [0, 0.05) is 0 Å². The number of carbonyl (C=O) groups excluding carboxylic acids is 1. The van der Waals surface area contributed by atoms with Gasteiger partial charge in [0.1, 0.15) is 5.92 Å². The van der Waals surface area contributed by atoms with Gasteiger partial charge in [0.15, 0.2) is 10.8 Å². The van der Waals surface area contributed by atoms with Gasteiger partial charge < -0.3 is 4.74 Å². The van der Waals surface area contributed by atoms with Gasteiger partial charge in [-0.3, -0.25) is 4.79 Å². The van der Waals surface area contributed by atoms with Crippen molar-refractivity contribution in [3.8, 4) is 24.3 Å². The minimum atomic E-state index is -1.90. The minimum Gasteiger partial charge on any atom is -0.466 e. The SMILES string of the molecule is CCOC(=O)C1C(C#N)(C#N)C1(C#N)C#N. The van der Waals surface area contributed by atoms with Gasteiger partial charge in [-0.15, -0.1) is 0 Å². The molecule has 1 aliphatic carbocycles. The molecular formula is C10H6N4O2. The van der Waals surface area contributed by atoms with E-state index in [0.717, 1.165) is 0 Å². The van der Waals surface area contributed by atoms with E-state index in [0.29, 0.717) is 0 Å². The zero-order valence-electron chi connectivity index (χ0n) is 8.39. The van der Waals surface area contributed by atoms with Gasteiger partial charge in [0.2, 0.25) is 0 Å². The molecule has 0 unspecified atom stereocenters. The fraction of sp³-hybridized carbons (Fsp3) is 0.500. The van der Waals surface area contributed by atoms with Crippen LogP contribution in [-0.4, -0.2) is 12.6 Å². The summed E-state index contributed by atoms with van der Waals surface area (Å²) >= 11 is 0. The van der Waals surface area contributed by atoms with Gasteiger partial charge in [0.25, 0.3) is 0 Å². The molecule has 78 valence electrons. The number of nitrogens with zero attached hydrogens (tertiary/aromatic N) is 4. The van der Waals surface area contributed by atoms with E-state index in [2.05, 4.69) is 4.74 Å². The summed E-state index contributed by atoms with van der Waals surface area (Å²) in [6.45, 7) is 1.62. The number of nitriles is 4. The molecule has 16 heavy (non-hydrogen) atoms. The summed E-state index contributed by atoms with van der Waals surface area (Å²) in [5.41, 5.74) is -3.80. The second kappa shape index (κ2) is 3.54. The van der Waals surface area contributed by atoms with E-state index in [1.54, 1.807) is 31.2 Å². The van der Waals surface area contributed by atoms with Crippen LogP contribution >= 0.6 is 0 Å². The lowest BCUT2D eigenvalue weighted by Crippen LogP contribution is -2.12. The summed E-state index contributed by atoms with van der Waals surface area (Å²) in [5.74, 6) is -2.15. The molecular weight excluding hydrogens is 208 g/mol. The lowest BCUT2D eigenvalue weighted by atomic mass is 9.98. The molecule has 0 bridgehead atoms. The first-order valence-electron chi connectivity index (χ1n) is 4.41. The van der Waals surface area contributed by atoms with Crippen LogP contribution in [0.15, 0.2) is 0 Å². The van der Waals surface area contributed by atoms with Crippen molar-refractivity contribution in [1.29, 1.82) is 21.0 Å². The summed E-state index contributed by atoms with van der Waals surface area (Å²) in [6, 6.07) is 6.31. The Morgan fingerprint density at radius 1 is 1.12 bits per heavy atom. The first-order valence-corrected chi connectivity index (χ1v) is 4.41. The average Bonchev–Trinajstić information content (AvgIpc) is 2.92. The van der Waals surface area contributed by atoms with E-state index in [1.807, 2.05) is 0 Å². The fourth-order valence-corrected chi connectivity index (χ4v) is 1.71. The van der Waals surface area contributed by atoms with E-state index in [4.69, 9.17) is 21.0 Å². The van der Waals surface area contributed by atoms with E-state index >= 15 is 0 Å². The lowest BCUT2D eigenvalue weighted by molar-refractivity contribution is -0.145. The van der Waals surface area contributed by atoms with E-state index in [-0.39, 0.29) is 6.61 Å². The van der Waals surface area contributed by atoms with Crippen LogP contribution in [0.4, 0.5) is 0 Å². The molecule has 1 saturated carbocycles. The molecule has 0 aromatic carbocycles. The Morgan fingerprint density at radius 3 is 1.75 bits per heavy atom. The number of esters is 1. The monoisotopic (exact) mass is 214 g/mol. The van der Waals surface area contributed by atoms with Crippen LogP contribution < -0.4 is 0 Å². The van der Waals surface area contributed by atoms with Crippen LogP contribution in [0.2, 0.25) is 0 Å². The molecule has 1 fully saturated rings. The summed E-state index contributed by atoms with van der Waals surface area (Å²) in [7, 11) is 0. The zero-order valence-corrected chi connectivity index (χ0v) is 8.39. The Balaban J connectivity index is 3.22. The lowest BCUT2D eigenvalue weighted by Gasteiger charge is -1.98. The maximum atomic E-state index is 11.4. The van der Waals surface area contributed by atoms with Crippen molar-refractivity contribution in [1.82, 2.24) is 0 Å². The highest BCUT2D eigenvalue weighted by Crippen LogP contribution is 2.68. The number of ether oxygens (including phenoxy) is 1. The maximum Gasteiger partial charge on any atom is 0.314 e. The van der Waals surface area contributed by atoms with Crippen molar-refractivity contribution in [3.05, 3.63) is 0 Å². The molecule has 0 aliphatic heterocycles. The number of hydrogen-bond donors (Lipinski definition) is 0. The number of hydrogen-bond acceptors (Lipinski definition) is 6. The predicted octanol–water partition coefficient (Wildman–Crippen LogP) is 0.246. The third-order valence-electron chi connectivity index (χ3n) is 2.63. The summed E-state index contributed by atoms with van der Waals surface area (Å²) in [4.78, 5) is 11.4. The maximum absolute atomic E-state index is 11.4. The minimum absolute atomic E-state index is 0.0647. The first kappa shape index (κ1) is 11.5. The molecule has 1 rings (SSSR count). The van der Waals surface area contributed by atoms with Gasteiger partial charge in [-0.05, 0) is 6.92 Å². The molecule has 6 heteroatoms. The van der Waals surface area contributed by atoms with Crippen LogP contribution in [0, 0.1) is 62.1 Å². The largest absolute Gasteiger partial charge is 0.466 e. The topological polar surface area (TPSA) is 121 Å². The van der Waals surface area contributed by atoms with E-state index in [1.165, 1.54) is 0 Å². The highest BCUT2D eigenvalue weighted by atomic mass is 16.5. The Kier molecular flexibility index (Phi) is 2.54. The molecule has 0 heterocycles. The second-order valence-corrected chi connectivity index (χ2v) is 3.25. The van der Waals surface area contributed by atoms with Crippen LogP contribution in [0.5, 0.6) is 0 Å². The van der Waals surface area contributed by atoms with Gasteiger partial charge >= 0.3 is 5.97 Å². The number of rotatable bonds is 2. The molecule has 0 spiro atoms. The molecule has 0 saturated heterocycles. The fourth-order valence-electron chi connectivity index (χ4n) is 1.71. The van der Waals surface area contributed by atoms with Crippen LogP contribution in [0.3, 0.4) is 0 Å². The van der Waals surface area contributed by atoms with Crippen LogP contribution in [0.1, 0.15) is 6.92 Å². The van der Waals surface area contributed by atoms with Crippen molar-refractivity contribution in [2.24, 2.45) is 16.7 Å². The second-order valence-electron chi connectivity index (χ2n) is 3.25. The van der Waals surface area contributed by atoms with Crippen molar-refractivity contribution in [2.45, 2.75) is 6.92 Å². The molecule has 1 aliphatic rings. The van der Waals surface area contributed by atoms with Crippen molar-refractivity contribution in [2.75, 3.05) is 6.61 Å². The highest BCUT2D eigenvalue weighted by molar-refractivity contribution is 5.85. The van der Waals surface area contributed by atoms with Crippen molar-refractivity contribution >= 4 is 5.97 Å². The molecule has 6 nitrogen and oxygen atoms in total. The average molecular weight is 214 g/mol. The third-order valence-corrected chi connectivity index (χ3v) is 2.63. The van der Waals surface area contributed by atoms with Gasteiger partial charge in [0.05, 0.1) is 30.9 Å². The van der Waals surface area contributed by atoms with Gasteiger partial charge in [-0.2, -0.15) is 21.0 Å². The van der Waals surface area contributed by atoms with Gasteiger partial charge in [-0.25, -0.2) is 0 Å². The van der Waals surface area contributed by atoms with Crippen LogP contribution in [-0.2, 0) is 9.53 Å². The van der Waals surface area contributed by atoms with E-state index < -0.39 is 22.7 Å². The molecule has 0 atom stereocenters. The van der Waals surface area contributed by atoms with Crippen LogP contribution in [0.25, 0.3) is 0 Å². The Bertz CT molecular complexity index is 431. The molecule has 0 aromatic rings. The molecule has 0 aromatic heterocycles. The summed E-state index contributed by atoms with van der Waals surface area (Å²) < 4.78 is 4.64. The van der Waals surface area contributed by atoms with Crippen molar-refractivity contribution < 1.29 is 9.53 Å².